The van der Waals surface area contributed by atoms with Crippen LogP contribution in [0.25, 0.3) is 0 Å². The number of aryl methyl sites for hydroxylation is 4. The van der Waals surface area contributed by atoms with E-state index in [9.17, 15) is 0 Å². The van der Waals surface area contributed by atoms with Crippen LogP contribution >= 0.6 is 110 Å². The first-order valence-corrected chi connectivity index (χ1v) is 25.1. The topological polar surface area (TPSA) is 80.9 Å². The third-order valence-electron chi connectivity index (χ3n) is 10.2. The first kappa shape index (κ1) is 57.8. The molecule has 4 nitrogen and oxygen atoms in total. The van der Waals surface area contributed by atoms with Gasteiger partial charge in [0.05, 0.1) is 47.9 Å². The summed E-state index contributed by atoms with van der Waals surface area (Å²) in [6, 6.07) is 41.1. The number of rotatable bonds is 20. The number of benzene rings is 4. The molecule has 0 spiro atoms. The zero-order valence-corrected chi connectivity index (χ0v) is 44.5. The summed E-state index contributed by atoms with van der Waals surface area (Å²) in [7, 11) is 0. The maximum absolute atomic E-state index is 9.01. The van der Waals surface area contributed by atoms with Gasteiger partial charge in [0.2, 0.25) is 0 Å². The van der Waals surface area contributed by atoms with Crippen molar-refractivity contribution in [2.24, 2.45) is 0 Å². The molecule has 0 amide bonds. The molecule has 4 rings (SSSR count). The van der Waals surface area contributed by atoms with Crippen LogP contribution in [0.1, 0.15) is 75.6 Å². The molecule has 12 heteroatoms. The third kappa shape index (κ3) is 24.2. The molecule has 0 fully saturated rings. The molecular formula is C48H64Br4Cl4O4. The standard InChI is InChI=1S/4C12H16BrClO/c4*1-12(13,11(14)9-15)8-7-10-5-3-2-4-6-10/h4*2-6,11,15H,7-9H2,1H3/t4*11-,12-/m0000/s1. The normalized spacial score (nSPS) is 17.1. The van der Waals surface area contributed by atoms with Crippen molar-refractivity contribution < 1.29 is 20.4 Å². The zero-order valence-electron chi connectivity index (χ0n) is 35.2. The molecule has 4 aromatic carbocycles. The quantitative estimate of drug-likeness (QED) is 0.0665. The summed E-state index contributed by atoms with van der Waals surface area (Å²) < 4.78 is -0.837. The largest absolute Gasteiger partial charge is 0.395 e. The summed E-state index contributed by atoms with van der Waals surface area (Å²) in [6.45, 7) is 8.06. The fourth-order valence-corrected chi connectivity index (χ4v) is 7.33. The first-order chi connectivity index (χ1) is 28.2. The Morgan fingerprint density at radius 3 is 0.633 bits per heavy atom. The Bertz CT molecular complexity index is 1390. The second kappa shape index (κ2) is 30.8. The highest BCUT2D eigenvalue weighted by atomic mass is 79.9. The fraction of sp³-hybridized carbons (Fsp3) is 0.500. The number of aliphatic hydroxyl groups is 4. The Balaban J connectivity index is 0.000000400. The Labute approximate surface area is 414 Å². The molecule has 0 radical (unpaired) electrons. The van der Waals surface area contributed by atoms with Crippen molar-refractivity contribution in [3.8, 4) is 0 Å². The van der Waals surface area contributed by atoms with Crippen molar-refractivity contribution in [2.75, 3.05) is 26.4 Å². The fourth-order valence-electron chi connectivity index (χ4n) is 5.52. The lowest BCUT2D eigenvalue weighted by Crippen LogP contribution is -2.32. The number of alkyl halides is 8. The summed E-state index contributed by atoms with van der Waals surface area (Å²) >= 11 is 38.4. The number of halogens is 8. The number of aliphatic hydroxyl groups excluding tert-OH is 4. The Morgan fingerprint density at radius 2 is 0.500 bits per heavy atom. The predicted octanol–water partition coefficient (Wildman–Crippen LogP) is 13.5. The van der Waals surface area contributed by atoms with Gasteiger partial charge < -0.3 is 20.4 Å². The number of hydrogen-bond donors (Lipinski definition) is 4. The van der Waals surface area contributed by atoms with Gasteiger partial charge >= 0.3 is 0 Å². The summed E-state index contributed by atoms with van der Waals surface area (Å²) in [6.07, 6.45) is 7.49. The molecule has 0 heterocycles. The van der Waals surface area contributed by atoms with Gasteiger partial charge in [0.25, 0.3) is 0 Å². The molecule has 0 aliphatic heterocycles. The molecule has 0 bridgehead atoms. The maximum Gasteiger partial charge on any atom is 0.0717 e. The van der Waals surface area contributed by atoms with Crippen LogP contribution < -0.4 is 0 Å². The SMILES string of the molecule is C[C@](Br)(CCc1ccccc1)[C@@H](Cl)CO.C[C@](Br)(CCc1ccccc1)[C@@H](Cl)CO.C[C@](Br)(CCc1ccccc1)[C@@H](Cl)CO.C[C@](Br)(CCc1ccccc1)[C@@H](Cl)CO. The van der Waals surface area contributed by atoms with Crippen LogP contribution in [0.4, 0.5) is 0 Å². The minimum absolute atomic E-state index is 0.00189. The Morgan fingerprint density at radius 1 is 0.350 bits per heavy atom. The second-order valence-electron chi connectivity index (χ2n) is 15.7. The molecule has 0 saturated heterocycles. The van der Waals surface area contributed by atoms with Crippen LogP contribution in [-0.2, 0) is 25.7 Å². The first-order valence-electron chi connectivity index (χ1n) is 20.2. The minimum Gasteiger partial charge on any atom is -0.395 e. The van der Waals surface area contributed by atoms with Gasteiger partial charge in [-0.3, -0.25) is 0 Å². The Hall–Kier alpha value is -0.200. The van der Waals surface area contributed by atoms with Crippen LogP contribution in [0.5, 0.6) is 0 Å². The van der Waals surface area contributed by atoms with E-state index in [4.69, 9.17) is 66.8 Å². The van der Waals surface area contributed by atoms with Crippen molar-refractivity contribution >= 4 is 110 Å². The van der Waals surface area contributed by atoms with Crippen LogP contribution in [-0.4, -0.2) is 85.7 Å². The van der Waals surface area contributed by atoms with Crippen molar-refractivity contribution in [1.29, 1.82) is 0 Å². The molecular weight excluding hydrogens is 1100 g/mol. The molecule has 4 aromatic rings. The van der Waals surface area contributed by atoms with E-state index >= 15 is 0 Å². The lowest BCUT2D eigenvalue weighted by molar-refractivity contribution is 0.274. The van der Waals surface area contributed by atoms with Crippen LogP contribution in [0.3, 0.4) is 0 Å². The van der Waals surface area contributed by atoms with E-state index in [1.54, 1.807) is 0 Å². The summed E-state index contributed by atoms with van der Waals surface area (Å²) in [5.74, 6) is 0. The van der Waals surface area contributed by atoms with Gasteiger partial charge in [0, 0.05) is 17.3 Å². The molecule has 8 atom stereocenters. The predicted molar refractivity (Wildman–Crippen MR) is 275 cm³/mol. The van der Waals surface area contributed by atoms with Crippen molar-refractivity contribution in [3.05, 3.63) is 144 Å². The molecule has 0 unspecified atom stereocenters. The molecule has 4 N–H and O–H groups in total. The Kier molecular flexibility index (Phi) is 29.7. The second-order valence-corrected chi connectivity index (χ2v) is 25.0. The monoisotopic (exact) mass is 1160 g/mol. The summed E-state index contributed by atoms with van der Waals surface area (Å²) in [5, 5.41) is 35.0. The molecule has 0 saturated carbocycles. The summed E-state index contributed by atoms with van der Waals surface area (Å²) in [4.78, 5) is 0. The third-order valence-corrected chi connectivity index (χ3v) is 17.6. The van der Waals surface area contributed by atoms with E-state index < -0.39 is 0 Å². The van der Waals surface area contributed by atoms with Gasteiger partial charge in [0.1, 0.15) is 0 Å². The van der Waals surface area contributed by atoms with E-state index in [0.29, 0.717) is 0 Å². The van der Waals surface area contributed by atoms with Crippen LogP contribution in [0, 0.1) is 0 Å². The van der Waals surface area contributed by atoms with Crippen molar-refractivity contribution in [1.82, 2.24) is 0 Å². The van der Waals surface area contributed by atoms with Gasteiger partial charge in [-0.1, -0.05) is 185 Å². The van der Waals surface area contributed by atoms with Crippen LogP contribution in [0.2, 0.25) is 0 Å². The molecule has 336 valence electrons. The highest BCUT2D eigenvalue weighted by Crippen LogP contribution is 2.34. The van der Waals surface area contributed by atoms with E-state index in [0.717, 1.165) is 51.4 Å². The maximum atomic E-state index is 9.01. The van der Waals surface area contributed by atoms with Gasteiger partial charge in [-0.15, -0.1) is 46.4 Å². The lowest BCUT2D eigenvalue weighted by Gasteiger charge is -2.26. The average molecular weight is 1170 g/mol. The number of hydrogen-bond acceptors (Lipinski definition) is 4. The molecule has 0 aromatic heterocycles. The molecule has 0 aliphatic carbocycles. The average Bonchev–Trinajstić information content (AvgIpc) is 3.27. The van der Waals surface area contributed by atoms with Gasteiger partial charge in [-0.25, -0.2) is 0 Å². The zero-order chi connectivity index (χ0) is 45.2. The van der Waals surface area contributed by atoms with E-state index in [2.05, 4.69) is 112 Å². The van der Waals surface area contributed by atoms with E-state index in [-0.39, 0.29) is 65.2 Å². The molecule has 0 aliphatic rings. The van der Waals surface area contributed by atoms with Crippen molar-refractivity contribution in [2.45, 2.75) is 118 Å². The van der Waals surface area contributed by atoms with Crippen molar-refractivity contribution in [3.63, 3.8) is 0 Å². The molecule has 60 heavy (non-hydrogen) atoms. The van der Waals surface area contributed by atoms with Gasteiger partial charge in [0.15, 0.2) is 0 Å². The van der Waals surface area contributed by atoms with E-state index in [1.807, 2.05) is 100 Å². The minimum atomic E-state index is -0.249. The highest BCUT2D eigenvalue weighted by molar-refractivity contribution is 9.10. The van der Waals surface area contributed by atoms with Gasteiger partial charge in [-0.2, -0.15) is 0 Å². The summed E-state index contributed by atoms with van der Waals surface area (Å²) in [5.41, 5.74) is 5.19. The smallest absolute Gasteiger partial charge is 0.0717 e. The van der Waals surface area contributed by atoms with E-state index in [1.165, 1.54) is 22.3 Å². The lowest BCUT2D eigenvalue weighted by atomic mass is 9.98. The van der Waals surface area contributed by atoms with Gasteiger partial charge in [-0.05, 0) is 101 Å². The highest BCUT2D eigenvalue weighted by Gasteiger charge is 2.31. The van der Waals surface area contributed by atoms with Crippen LogP contribution in [0.15, 0.2) is 121 Å².